The molecule has 0 aliphatic heterocycles. The van der Waals surface area contributed by atoms with Gasteiger partial charge in [-0.2, -0.15) is 0 Å². The fourth-order valence-electron chi connectivity index (χ4n) is 10.1. The lowest BCUT2D eigenvalue weighted by atomic mass is 9.66. The van der Waals surface area contributed by atoms with Crippen molar-refractivity contribution < 1.29 is 20.1 Å². The normalized spacial score (nSPS) is 15.2. The smallest absolute Gasteiger partial charge is 0.136 e. The SMILES string of the molecule is CC(C)(C)CC(C)(C)c1ccc(OC(c2ccc(C(C)(C)CC(C)(C)C)cc2C(C)(C)CC(C)(C)C)C(CO)(CO)CO)c(C(C)(C)CC(C)(C)C)c1. The molecule has 2 rings (SSSR count). The van der Waals surface area contributed by atoms with Crippen LogP contribution in [0.1, 0.15) is 198 Å². The van der Waals surface area contributed by atoms with Crippen LogP contribution < -0.4 is 4.74 Å². The van der Waals surface area contributed by atoms with Gasteiger partial charge >= 0.3 is 0 Å². The zero-order valence-corrected chi connectivity index (χ0v) is 38.2. The van der Waals surface area contributed by atoms with Gasteiger partial charge in [0.05, 0.1) is 25.2 Å². The third kappa shape index (κ3) is 12.8. The summed E-state index contributed by atoms with van der Waals surface area (Å²) in [5.74, 6) is 0.732. The van der Waals surface area contributed by atoms with Crippen LogP contribution in [0.2, 0.25) is 0 Å². The standard InChI is InChI=1S/C49H84O4/c1-41(2,3)27-45(13,14)34-21-23-36(37(25-34)47(17,18)29-43(7,8)9)40(49(31-50,32-51)33-52)53-39-24-22-35(46(15,16)28-42(4,5)6)26-38(39)48(19,20)30-44(10,11)12/h21-26,40,50-52H,27-33H2,1-20H3. The molecular weight excluding hydrogens is 653 g/mol. The molecule has 0 radical (unpaired) electrons. The summed E-state index contributed by atoms with van der Waals surface area (Å²) in [4.78, 5) is 0. The minimum absolute atomic E-state index is 0.0376. The molecule has 0 aliphatic carbocycles. The van der Waals surface area contributed by atoms with Crippen LogP contribution in [0, 0.1) is 27.1 Å². The third-order valence-corrected chi connectivity index (χ3v) is 11.0. The van der Waals surface area contributed by atoms with Crippen LogP contribution >= 0.6 is 0 Å². The summed E-state index contributed by atoms with van der Waals surface area (Å²) in [6.07, 6.45) is 3.05. The number of rotatable bonds is 15. The van der Waals surface area contributed by atoms with E-state index >= 15 is 0 Å². The summed E-state index contributed by atoms with van der Waals surface area (Å²) in [6, 6.07) is 13.4. The van der Waals surface area contributed by atoms with Gasteiger partial charge in [-0.3, -0.25) is 0 Å². The third-order valence-electron chi connectivity index (χ3n) is 11.0. The minimum Gasteiger partial charge on any atom is -0.485 e. The molecule has 0 bridgehead atoms. The van der Waals surface area contributed by atoms with E-state index in [2.05, 4.69) is 175 Å². The Morgan fingerprint density at radius 1 is 0.434 bits per heavy atom. The molecule has 0 heterocycles. The maximum absolute atomic E-state index is 11.1. The Kier molecular flexibility index (Phi) is 14.2. The van der Waals surface area contributed by atoms with Gasteiger partial charge in [-0.1, -0.05) is 169 Å². The van der Waals surface area contributed by atoms with Crippen molar-refractivity contribution in [3.05, 3.63) is 64.2 Å². The molecule has 4 heteroatoms. The second-order valence-corrected chi connectivity index (χ2v) is 24.3. The van der Waals surface area contributed by atoms with Gasteiger partial charge in [0, 0.05) is 5.56 Å². The zero-order chi connectivity index (χ0) is 41.4. The Morgan fingerprint density at radius 2 is 0.755 bits per heavy atom. The van der Waals surface area contributed by atoms with Crippen molar-refractivity contribution in [2.24, 2.45) is 27.1 Å². The van der Waals surface area contributed by atoms with E-state index in [-0.39, 0.29) is 43.3 Å². The second-order valence-electron chi connectivity index (χ2n) is 24.3. The van der Waals surface area contributed by atoms with Gasteiger partial charge in [0.25, 0.3) is 0 Å². The van der Waals surface area contributed by atoms with E-state index in [0.717, 1.165) is 48.1 Å². The first kappa shape index (κ1) is 47.3. The Balaban J connectivity index is 3.10. The summed E-state index contributed by atoms with van der Waals surface area (Å²) in [5, 5.41) is 33.4. The molecule has 2 aromatic rings. The molecule has 0 amide bonds. The lowest BCUT2D eigenvalue weighted by Crippen LogP contribution is -2.44. The molecule has 4 nitrogen and oxygen atoms in total. The molecule has 0 aliphatic rings. The predicted molar refractivity (Wildman–Crippen MR) is 228 cm³/mol. The Labute approximate surface area is 327 Å². The van der Waals surface area contributed by atoms with Crippen molar-refractivity contribution >= 4 is 0 Å². The van der Waals surface area contributed by atoms with Gasteiger partial charge in [-0.05, 0) is 97.3 Å². The van der Waals surface area contributed by atoms with Crippen molar-refractivity contribution in [3.8, 4) is 5.75 Å². The van der Waals surface area contributed by atoms with Gasteiger partial charge in [-0.15, -0.1) is 0 Å². The molecule has 3 N–H and O–H groups in total. The first-order valence-corrected chi connectivity index (χ1v) is 20.3. The van der Waals surface area contributed by atoms with Crippen LogP contribution in [0.25, 0.3) is 0 Å². The van der Waals surface area contributed by atoms with Gasteiger partial charge in [0.15, 0.2) is 0 Å². The Bertz CT molecular complexity index is 1480. The van der Waals surface area contributed by atoms with Crippen molar-refractivity contribution in [2.75, 3.05) is 19.8 Å². The molecule has 0 fully saturated rings. The average molecular weight is 737 g/mol. The highest BCUT2D eigenvalue weighted by molar-refractivity contribution is 5.47. The number of benzene rings is 2. The largest absolute Gasteiger partial charge is 0.485 e. The van der Waals surface area contributed by atoms with Crippen LogP contribution in [-0.2, 0) is 21.7 Å². The first-order chi connectivity index (χ1) is 23.5. The second kappa shape index (κ2) is 15.9. The molecule has 0 saturated heterocycles. The van der Waals surface area contributed by atoms with Crippen molar-refractivity contribution in [1.82, 2.24) is 0 Å². The van der Waals surface area contributed by atoms with E-state index in [9.17, 15) is 15.3 Å². The average Bonchev–Trinajstić information content (AvgIpc) is 2.92. The number of aliphatic hydroxyl groups is 3. The van der Waals surface area contributed by atoms with E-state index in [1.165, 1.54) is 11.1 Å². The molecule has 53 heavy (non-hydrogen) atoms. The molecule has 304 valence electrons. The van der Waals surface area contributed by atoms with E-state index in [4.69, 9.17) is 4.74 Å². The van der Waals surface area contributed by atoms with Gasteiger partial charge in [0.2, 0.25) is 0 Å². The van der Waals surface area contributed by atoms with Crippen LogP contribution in [0.15, 0.2) is 36.4 Å². The maximum atomic E-state index is 11.1. The lowest BCUT2D eigenvalue weighted by molar-refractivity contribution is -0.0753. The summed E-state index contributed by atoms with van der Waals surface area (Å²) >= 11 is 0. The molecule has 1 unspecified atom stereocenters. The van der Waals surface area contributed by atoms with Crippen molar-refractivity contribution in [3.63, 3.8) is 0 Å². The Morgan fingerprint density at radius 3 is 1.11 bits per heavy atom. The number of ether oxygens (including phenoxy) is 1. The Hall–Kier alpha value is -1.88. The fraction of sp³-hybridized carbons (Fsp3) is 0.755. The molecule has 0 saturated carbocycles. The number of hydrogen-bond donors (Lipinski definition) is 3. The van der Waals surface area contributed by atoms with Crippen LogP contribution in [0.3, 0.4) is 0 Å². The molecule has 1 atom stereocenters. The van der Waals surface area contributed by atoms with Crippen LogP contribution in [0.5, 0.6) is 5.75 Å². The van der Waals surface area contributed by atoms with E-state index in [1.54, 1.807) is 0 Å². The highest BCUT2D eigenvalue weighted by Crippen LogP contribution is 2.50. The van der Waals surface area contributed by atoms with E-state index in [1.807, 2.05) is 0 Å². The minimum atomic E-state index is -1.34. The molecule has 2 aromatic carbocycles. The summed E-state index contributed by atoms with van der Waals surface area (Å²) < 4.78 is 7.33. The van der Waals surface area contributed by atoms with Gasteiger partial charge in [-0.25, -0.2) is 0 Å². The quantitative estimate of drug-likeness (QED) is 0.170. The summed E-state index contributed by atoms with van der Waals surface area (Å²) in [5.41, 5.74) is 3.99. The van der Waals surface area contributed by atoms with E-state index in [0.29, 0.717) is 0 Å². The highest BCUT2D eigenvalue weighted by Gasteiger charge is 2.45. The number of hydrogen-bond acceptors (Lipinski definition) is 4. The number of aliphatic hydroxyl groups excluding tert-OH is 3. The monoisotopic (exact) mass is 737 g/mol. The van der Waals surface area contributed by atoms with Crippen molar-refractivity contribution in [2.45, 2.75) is 192 Å². The fourth-order valence-corrected chi connectivity index (χ4v) is 10.1. The molecule has 0 spiro atoms. The highest BCUT2D eigenvalue weighted by atomic mass is 16.5. The van der Waals surface area contributed by atoms with Crippen LogP contribution in [0.4, 0.5) is 0 Å². The zero-order valence-electron chi connectivity index (χ0n) is 38.2. The first-order valence-electron chi connectivity index (χ1n) is 20.3. The van der Waals surface area contributed by atoms with Gasteiger partial charge < -0.3 is 20.1 Å². The van der Waals surface area contributed by atoms with E-state index < -0.39 is 31.3 Å². The molecular formula is C49H84O4. The summed E-state index contributed by atoms with van der Waals surface area (Å²) in [7, 11) is 0. The maximum Gasteiger partial charge on any atom is 0.136 e. The van der Waals surface area contributed by atoms with Gasteiger partial charge in [0.1, 0.15) is 11.9 Å². The summed E-state index contributed by atoms with van der Waals surface area (Å²) in [6.45, 7) is 44.7. The predicted octanol–water partition coefficient (Wildman–Crippen LogP) is 12.6. The lowest BCUT2D eigenvalue weighted by Gasteiger charge is -2.43. The van der Waals surface area contributed by atoms with Crippen LogP contribution in [-0.4, -0.2) is 35.1 Å². The van der Waals surface area contributed by atoms with Crippen molar-refractivity contribution in [1.29, 1.82) is 0 Å². The molecule has 0 aromatic heterocycles. The topological polar surface area (TPSA) is 69.9 Å².